The van der Waals surface area contributed by atoms with Crippen molar-refractivity contribution < 1.29 is 17.5 Å². The zero-order valence-electron chi connectivity index (χ0n) is 8.61. The van der Waals surface area contributed by atoms with Gasteiger partial charge in [0.2, 0.25) is 0 Å². The van der Waals surface area contributed by atoms with Crippen LogP contribution in [0.3, 0.4) is 0 Å². The molecule has 0 unspecified atom stereocenters. The van der Waals surface area contributed by atoms with E-state index in [-0.39, 0.29) is 0 Å². The van der Waals surface area contributed by atoms with Gasteiger partial charge >= 0.3 is 15.5 Å². The molecule has 98 valence electrons. The Morgan fingerprint density at radius 3 is 1.89 bits per heavy atom. The molecular formula is C6H8N5O4S3+. The SMILES string of the molecule is N#[N+]c1nccs1.Nc1nccs1.O=S(=O)(O)O. The number of nitrogen functional groups attached to an aromatic ring is 1. The summed E-state index contributed by atoms with van der Waals surface area (Å²) in [5, 5.41) is 12.6. The van der Waals surface area contributed by atoms with Gasteiger partial charge in [-0.2, -0.15) is 8.42 Å². The van der Waals surface area contributed by atoms with E-state index in [1.807, 2.05) is 5.38 Å². The number of nitrogens with zero attached hydrogens (tertiary/aromatic N) is 4. The van der Waals surface area contributed by atoms with Gasteiger partial charge < -0.3 is 5.73 Å². The van der Waals surface area contributed by atoms with Gasteiger partial charge in [-0.3, -0.25) is 9.11 Å². The van der Waals surface area contributed by atoms with Gasteiger partial charge in [0.15, 0.2) is 11.3 Å². The van der Waals surface area contributed by atoms with Gasteiger partial charge in [-0.15, -0.1) is 11.3 Å². The molecule has 2 rings (SSSR count). The van der Waals surface area contributed by atoms with Crippen LogP contribution in [0.4, 0.5) is 10.3 Å². The second-order valence-corrected chi connectivity index (χ2v) is 4.93. The third-order valence-electron chi connectivity index (χ3n) is 0.956. The number of aromatic nitrogens is 2. The number of nitrogens with two attached hydrogens (primary N) is 1. The van der Waals surface area contributed by atoms with Gasteiger partial charge in [0.1, 0.15) is 0 Å². The van der Waals surface area contributed by atoms with Crippen molar-refractivity contribution in [1.29, 1.82) is 5.39 Å². The third kappa shape index (κ3) is 12.4. The lowest BCUT2D eigenvalue weighted by Crippen LogP contribution is -1.89. The van der Waals surface area contributed by atoms with Crippen molar-refractivity contribution in [2.24, 2.45) is 0 Å². The van der Waals surface area contributed by atoms with E-state index in [4.69, 9.17) is 28.6 Å². The van der Waals surface area contributed by atoms with Crippen LogP contribution in [-0.2, 0) is 10.4 Å². The predicted octanol–water partition coefficient (Wildman–Crippen LogP) is 1.70. The Balaban J connectivity index is 0.000000245. The molecule has 0 spiro atoms. The number of rotatable bonds is 0. The summed E-state index contributed by atoms with van der Waals surface area (Å²) >= 11 is 2.74. The van der Waals surface area contributed by atoms with Crippen LogP contribution in [0.1, 0.15) is 0 Å². The van der Waals surface area contributed by atoms with Crippen molar-refractivity contribution in [3.63, 3.8) is 0 Å². The number of hydrogen-bond acceptors (Lipinski definition) is 8. The van der Waals surface area contributed by atoms with Gasteiger partial charge in [-0.25, -0.2) is 4.98 Å². The molecule has 2 aromatic heterocycles. The molecule has 0 saturated heterocycles. The van der Waals surface area contributed by atoms with Crippen LogP contribution in [0.2, 0.25) is 0 Å². The van der Waals surface area contributed by atoms with Crippen LogP contribution in [0.15, 0.2) is 23.2 Å². The molecule has 2 heterocycles. The average Bonchev–Trinajstić information content (AvgIpc) is 2.87. The van der Waals surface area contributed by atoms with Crippen LogP contribution in [0.25, 0.3) is 4.98 Å². The fourth-order valence-electron chi connectivity index (χ4n) is 0.500. The molecule has 0 saturated carbocycles. The van der Waals surface area contributed by atoms with Crippen molar-refractivity contribution in [3.05, 3.63) is 28.1 Å². The Morgan fingerprint density at radius 1 is 1.22 bits per heavy atom. The van der Waals surface area contributed by atoms with Gasteiger partial charge in [0.05, 0.1) is 5.39 Å². The Hall–Kier alpha value is -1.65. The lowest BCUT2D eigenvalue weighted by molar-refractivity contribution is 0.381. The molecule has 0 bridgehead atoms. The molecule has 9 nitrogen and oxygen atoms in total. The Kier molecular flexibility index (Phi) is 7.67. The first-order chi connectivity index (χ1) is 8.33. The predicted molar refractivity (Wildman–Crippen MR) is 67.6 cm³/mol. The molecule has 0 aliphatic heterocycles. The second-order valence-electron chi connectivity index (χ2n) is 2.23. The van der Waals surface area contributed by atoms with Gasteiger partial charge in [0.25, 0.3) is 0 Å². The summed E-state index contributed by atoms with van der Waals surface area (Å²) in [4.78, 5) is 10.2. The molecule has 2 aromatic rings. The van der Waals surface area contributed by atoms with Crippen LogP contribution in [0.5, 0.6) is 0 Å². The monoisotopic (exact) mass is 310 g/mol. The number of diazo groups is 1. The molecule has 0 aliphatic carbocycles. The van der Waals surface area contributed by atoms with Crippen molar-refractivity contribution >= 4 is 43.3 Å². The highest BCUT2D eigenvalue weighted by molar-refractivity contribution is 7.79. The third-order valence-corrected chi connectivity index (χ3v) is 2.22. The lowest BCUT2D eigenvalue weighted by atomic mass is 11.0. The molecule has 4 N–H and O–H groups in total. The number of thiazole rings is 2. The maximum atomic E-state index is 8.74. The molecule has 0 aliphatic rings. The van der Waals surface area contributed by atoms with Crippen LogP contribution in [-0.4, -0.2) is 27.5 Å². The van der Waals surface area contributed by atoms with Gasteiger partial charge in [-0.1, -0.05) is 0 Å². The quantitative estimate of drug-likeness (QED) is 0.490. The van der Waals surface area contributed by atoms with Crippen molar-refractivity contribution in [2.45, 2.75) is 0 Å². The topological polar surface area (TPSA) is 155 Å². The van der Waals surface area contributed by atoms with Crippen molar-refractivity contribution in [2.75, 3.05) is 5.73 Å². The zero-order chi connectivity index (χ0) is 14.0. The molecule has 0 fully saturated rings. The van der Waals surface area contributed by atoms with Gasteiger partial charge in [0, 0.05) is 21.9 Å². The molecule has 18 heavy (non-hydrogen) atoms. The summed E-state index contributed by atoms with van der Waals surface area (Å²) in [6, 6.07) is 0. The zero-order valence-corrected chi connectivity index (χ0v) is 11.1. The fourth-order valence-corrected chi connectivity index (χ4v) is 1.29. The van der Waals surface area contributed by atoms with E-state index < -0.39 is 10.4 Å². The standard InChI is InChI=1S/C3H2N3S.C3H4N2S.H2O4S/c4-6-3-5-1-2-7-3;4-3-5-1-2-6-3;1-5(2,3)4/h1-2H;1-2H,(H2,4,5);(H2,1,2,3,4)/q+1;;. The molecule has 0 radical (unpaired) electrons. The highest BCUT2D eigenvalue weighted by Gasteiger charge is 2.02. The van der Waals surface area contributed by atoms with E-state index in [9.17, 15) is 0 Å². The smallest absolute Gasteiger partial charge is 0.375 e. The minimum absolute atomic E-state index is 0.403. The van der Waals surface area contributed by atoms with E-state index in [1.165, 1.54) is 22.7 Å². The number of anilines is 1. The van der Waals surface area contributed by atoms with Crippen molar-refractivity contribution in [3.8, 4) is 0 Å². The maximum absolute atomic E-state index is 8.74. The molecular weight excluding hydrogens is 302 g/mol. The summed E-state index contributed by atoms with van der Waals surface area (Å²) in [5.74, 6) is 0. The van der Waals surface area contributed by atoms with E-state index in [0.29, 0.717) is 10.3 Å². The van der Waals surface area contributed by atoms with Crippen LogP contribution < -0.4 is 5.73 Å². The lowest BCUT2D eigenvalue weighted by Gasteiger charge is -1.68. The van der Waals surface area contributed by atoms with Crippen molar-refractivity contribution in [1.82, 2.24) is 9.97 Å². The van der Waals surface area contributed by atoms with Crippen LogP contribution >= 0.6 is 22.7 Å². The minimum atomic E-state index is -4.67. The van der Waals surface area contributed by atoms with Gasteiger partial charge in [-0.05, 0) is 16.3 Å². The Morgan fingerprint density at radius 2 is 1.72 bits per heavy atom. The first-order valence-corrected chi connectivity index (χ1v) is 7.08. The summed E-state index contributed by atoms with van der Waals surface area (Å²) in [5.41, 5.74) is 5.19. The highest BCUT2D eigenvalue weighted by Crippen LogP contribution is 2.12. The molecule has 0 aromatic carbocycles. The van der Waals surface area contributed by atoms with Crippen LogP contribution in [0, 0.1) is 5.39 Å². The van der Waals surface area contributed by atoms with E-state index in [2.05, 4.69) is 14.9 Å². The highest BCUT2D eigenvalue weighted by atomic mass is 32.3. The first-order valence-electron chi connectivity index (χ1n) is 3.92. The van der Waals surface area contributed by atoms with E-state index >= 15 is 0 Å². The fraction of sp³-hybridized carbons (Fsp3) is 0. The molecule has 0 atom stereocenters. The normalized spacial score (nSPS) is 9.17. The molecule has 12 heteroatoms. The summed E-state index contributed by atoms with van der Waals surface area (Å²) in [6.45, 7) is 0. The number of hydrogen-bond donors (Lipinski definition) is 3. The summed E-state index contributed by atoms with van der Waals surface area (Å²) in [7, 11) is -4.67. The molecule has 0 amide bonds. The maximum Gasteiger partial charge on any atom is 0.523 e. The Bertz CT molecular complexity index is 551. The average molecular weight is 310 g/mol. The summed E-state index contributed by atoms with van der Waals surface area (Å²) < 4.78 is 31.6. The van der Waals surface area contributed by atoms with E-state index in [0.717, 1.165) is 0 Å². The Labute approximate surface area is 110 Å². The first kappa shape index (κ1) is 16.4. The van der Waals surface area contributed by atoms with E-state index in [1.54, 1.807) is 17.8 Å². The minimum Gasteiger partial charge on any atom is -0.375 e. The largest absolute Gasteiger partial charge is 0.523 e. The second kappa shape index (κ2) is 8.44. The summed E-state index contributed by atoms with van der Waals surface area (Å²) in [6.07, 6.45) is 3.26.